The second-order valence-electron chi connectivity index (χ2n) is 9.19. The number of aromatic nitrogens is 1. The van der Waals surface area contributed by atoms with E-state index in [0.717, 1.165) is 59.7 Å². The summed E-state index contributed by atoms with van der Waals surface area (Å²) in [6.07, 6.45) is 4.50. The van der Waals surface area contributed by atoms with Crippen molar-refractivity contribution in [2.24, 2.45) is 0 Å². The number of nitrogens with one attached hydrogen (secondary N) is 1. The first kappa shape index (κ1) is 20.9. The Labute approximate surface area is 187 Å². The van der Waals surface area contributed by atoms with Crippen LogP contribution in [0.5, 0.6) is 0 Å². The highest BCUT2D eigenvalue weighted by atomic mass is 16.5. The summed E-state index contributed by atoms with van der Waals surface area (Å²) in [6.45, 7) is 5.14. The molecule has 0 saturated carbocycles. The van der Waals surface area contributed by atoms with E-state index < -0.39 is 11.6 Å². The zero-order chi connectivity index (χ0) is 22.5. The van der Waals surface area contributed by atoms with E-state index in [1.54, 1.807) is 0 Å². The highest BCUT2D eigenvalue weighted by Crippen LogP contribution is 2.40. The monoisotopic (exact) mass is 435 g/mol. The molecule has 3 aliphatic rings. The molecule has 32 heavy (non-hydrogen) atoms. The molecule has 2 atom stereocenters. The van der Waals surface area contributed by atoms with Gasteiger partial charge in [-0.15, -0.1) is 0 Å². The Morgan fingerprint density at radius 2 is 2.03 bits per heavy atom. The normalized spacial score (nSPS) is 24.8. The summed E-state index contributed by atoms with van der Waals surface area (Å²) in [5.41, 5.74) is 3.28. The van der Waals surface area contributed by atoms with Gasteiger partial charge in [-0.1, -0.05) is 24.3 Å². The lowest BCUT2D eigenvalue weighted by molar-refractivity contribution is -0.131. The van der Waals surface area contributed by atoms with Crippen molar-refractivity contribution in [1.29, 1.82) is 0 Å². The number of ether oxygens (including phenoxy) is 1. The maximum absolute atomic E-state index is 13.5. The minimum absolute atomic E-state index is 0.167. The number of rotatable bonds is 5. The molecule has 2 aromatic rings. The summed E-state index contributed by atoms with van der Waals surface area (Å²) in [4.78, 5) is 40.6. The summed E-state index contributed by atoms with van der Waals surface area (Å²) in [5, 5.41) is 2.93. The fourth-order valence-corrected chi connectivity index (χ4v) is 5.54. The third kappa shape index (κ3) is 3.26. The van der Waals surface area contributed by atoms with Crippen molar-refractivity contribution in [3.63, 3.8) is 0 Å². The third-order valence-electron chi connectivity index (χ3n) is 7.24. The second-order valence-corrected chi connectivity index (χ2v) is 9.19. The van der Waals surface area contributed by atoms with Crippen molar-refractivity contribution >= 4 is 17.7 Å². The lowest BCUT2D eigenvalue weighted by Crippen LogP contribution is -2.46. The molecule has 1 aliphatic carbocycles. The largest absolute Gasteiger partial charge is 0.376 e. The molecular formula is C25H29N3O4. The van der Waals surface area contributed by atoms with Gasteiger partial charge in [0.2, 0.25) is 0 Å². The van der Waals surface area contributed by atoms with Crippen molar-refractivity contribution in [3.8, 4) is 0 Å². The minimum Gasteiger partial charge on any atom is -0.376 e. The number of benzene rings is 1. The van der Waals surface area contributed by atoms with Crippen LogP contribution in [0.4, 0.5) is 4.79 Å². The number of fused-ring (bicyclic) bond motifs is 2. The molecule has 3 amide bonds. The van der Waals surface area contributed by atoms with Crippen molar-refractivity contribution in [3.05, 3.63) is 58.4 Å². The number of amides is 3. The lowest BCUT2D eigenvalue weighted by Gasteiger charge is -2.33. The number of urea groups is 1. The number of carbonyl (C=O) groups excluding carboxylic acids is 3. The van der Waals surface area contributed by atoms with E-state index in [-0.39, 0.29) is 24.3 Å². The van der Waals surface area contributed by atoms with Crippen molar-refractivity contribution in [2.45, 2.75) is 64.1 Å². The molecule has 7 nitrogen and oxygen atoms in total. The second kappa shape index (κ2) is 7.89. The predicted octanol–water partition coefficient (Wildman–Crippen LogP) is 3.25. The number of nitrogens with zero attached hydrogens (tertiary/aromatic N) is 2. The molecule has 2 aliphatic heterocycles. The van der Waals surface area contributed by atoms with Gasteiger partial charge in [-0.05, 0) is 63.1 Å². The van der Waals surface area contributed by atoms with Crippen LogP contribution in [0.15, 0.2) is 30.3 Å². The molecule has 5 rings (SSSR count). The maximum atomic E-state index is 13.5. The Morgan fingerprint density at radius 3 is 2.81 bits per heavy atom. The Balaban J connectivity index is 1.38. The Kier molecular flexibility index (Phi) is 5.16. The summed E-state index contributed by atoms with van der Waals surface area (Å²) in [7, 11) is 0. The number of ketones is 1. The van der Waals surface area contributed by atoms with Gasteiger partial charge in [0, 0.05) is 30.1 Å². The number of hydrogen-bond acceptors (Lipinski definition) is 4. The topological polar surface area (TPSA) is 80.6 Å². The van der Waals surface area contributed by atoms with Crippen molar-refractivity contribution in [2.75, 3.05) is 13.2 Å². The predicted molar refractivity (Wildman–Crippen MR) is 119 cm³/mol. The zero-order valence-electron chi connectivity index (χ0n) is 18.6. The van der Waals surface area contributed by atoms with Crippen molar-refractivity contribution < 1.29 is 19.1 Å². The summed E-state index contributed by atoms with van der Waals surface area (Å²) in [6, 6.07) is 9.13. The molecule has 1 aromatic heterocycles. The van der Waals surface area contributed by atoms with Gasteiger partial charge in [0.25, 0.3) is 5.91 Å². The smallest absolute Gasteiger partial charge is 0.325 e. The van der Waals surface area contributed by atoms with Crippen molar-refractivity contribution in [1.82, 2.24) is 14.8 Å². The number of carbonyl (C=O) groups is 3. The summed E-state index contributed by atoms with van der Waals surface area (Å²) in [5.74, 6) is -0.544. The highest BCUT2D eigenvalue weighted by molar-refractivity contribution is 6.11. The molecular weight excluding hydrogens is 406 g/mol. The standard InChI is InChI=1S/C25H29N3O4/c1-16-13-20(17(2)27(16)14-19-9-6-12-32-19)22(29)15-28-23(30)25(26-24(28)31)11-5-8-18-7-3-4-10-21(18)25/h3-4,7,10,13,19H,5-6,8-9,11-12,14-15H2,1-2H3,(H,26,31). The number of Topliss-reactive ketones (excluding diaryl/α,β-unsaturated/α-hetero) is 1. The molecule has 2 unspecified atom stereocenters. The fourth-order valence-electron chi connectivity index (χ4n) is 5.54. The van der Waals surface area contributed by atoms with Gasteiger partial charge in [-0.25, -0.2) is 4.79 Å². The molecule has 0 bridgehead atoms. The fraction of sp³-hybridized carbons (Fsp3) is 0.480. The van der Waals surface area contributed by atoms with Gasteiger partial charge in [-0.3, -0.25) is 14.5 Å². The quantitative estimate of drug-likeness (QED) is 0.578. The Bertz CT molecular complexity index is 1100. The first-order chi connectivity index (χ1) is 15.4. The van der Waals surface area contributed by atoms with Crippen LogP contribution in [0.3, 0.4) is 0 Å². The number of imide groups is 1. The average Bonchev–Trinajstić information content (AvgIpc) is 3.46. The number of hydrogen-bond donors (Lipinski definition) is 1. The molecule has 3 heterocycles. The van der Waals surface area contributed by atoms with E-state index in [4.69, 9.17) is 4.74 Å². The van der Waals surface area contributed by atoms with Crippen LogP contribution in [-0.2, 0) is 28.0 Å². The van der Waals surface area contributed by atoms with Crippen LogP contribution in [-0.4, -0.2) is 46.4 Å². The maximum Gasteiger partial charge on any atom is 0.325 e. The van der Waals surface area contributed by atoms with E-state index in [0.29, 0.717) is 18.5 Å². The molecule has 1 N–H and O–H groups in total. The van der Waals surface area contributed by atoms with E-state index in [2.05, 4.69) is 9.88 Å². The molecule has 2 fully saturated rings. The van der Waals surface area contributed by atoms with Crippen LogP contribution < -0.4 is 5.32 Å². The average molecular weight is 436 g/mol. The molecule has 1 aromatic carbocycles. The van der Waals surface area contributed by atoms with E-state index >= 15 is 0 Å². The van der Waals surface area contributed by atoms with Gasteiger partial charge in [0.1, 0.15) is 5.54 Å². The lowest BCUT2D eigenvalue weighted by atomic mass is 9.76. The van der Waals surface area contributed by atoms with Crippen LogP contribution in [0.2, 0.25) is 0 Å². The third-order valence-corrected chi connectivity index (χ3v) is 7.24. The highest BCUT2D eigenvalue weighted by Gasteiger charge is 2.54. The summed E-state index contributed by atoms with van der Waals surface area (Å²) >= 11 is 0. The van der Waals surface area contributed by atoms with Crippen LogP contribution >= 0.6 is 0 Å². The Hall–Kier alpha value is -2.93. The SMILES string of the molecule is Cc1cc(C(=O)CN2C(=O)NC3(CCCc4ccccc43)C2=O)c(C)n1CC1CCCO1. The summed E-state index contributed by atoms with van der Waals surface area (Å²) < 4.78 is 7.86. The zero-order valence-corrected chi connectivity index (χ0v) is 18.6. The molecule has 2 saturated heterocycles. The van der Waals surface area contributed by atoms with Gasteiger partial charge in [-0.2, -0.15) is 0 Å². The van der Waals surface area contributed by atoms with Crippen LogP contribution in [0.25, 0.3) is 0 Å². The Morgan fingerprint density at radius 1 is 1.22 bits per heavy atom. The van der Waals surface area contributed by atoms with E-state index in [1.165, 1.54) is 0 Å². The van der Waals surface area contributed by atoms with Gasteiger partial charge in [0.15, 0.2) is 5.78 Å². The molecule has 168 valence electrons. The first-order valence-corrected chi connectivity index (χ1v) is 11.4. The van der Waals surface area contributed by atoms with Gasteiger partial charge < -0.3 is 14.6 Å². The molecule has 0 radical (unpaired) electrons. The van der Waals surface area contributed by atoms with E-state index in [1.807, 2.05) is 44.2 Å². The molecule has 7 heteroatoms. The van der Waals surface area contributed by atoms with Crippen LogP contribution in [0.1, 0.15) is 58.6 Å². The van der Waals surface area contributed by atoms with Gasteiger partial charge >= 0.3 is 6.03 Å². The first-order valence-electron chi connectivity index (χ1n) is 11.4. The molecule has 1 spiro atoms. The van der Waals surface area contributed by atoms with Crippen LogP contribution in [0, 0.1) is 13.8 Å². The minimum atomic E-state index is -1.05. The van der Waals surface area contributed by atoms with E-state index in [9.17, 15) is 14.4 Å². The van der Waals surface area contributed by atoms with Gasteiger partial charge in [0.05, 0.1) is 12.6 Å². The number of aryl methyl sites for hydroxylation is 2.